The van der Waals surface area contributed by atoms with Crippen molar-refractivity contribution in [2.75, 3.05) is 12.8 Å². The van der Waals surface area contributed by atoms with Crippen LogP contribution in [0.25, 0.3) is 0 Å². The first kappa shape index (κ1) is 13.4. The highest BCUT2D eigenvalue weighted by atomic mass is 16.5. The molecule has 94 valence electrons. The summed E-state index contributed by atoms with van der Waals surface area (Å²) in [6, 6.07) is 3.42. The number of anilines is 1. The summed E-state index contributed by atoms with van der Waals surface area (Å²) in [5.74, 6) is 0.162. The Morgan fingerprint density at radius 3 is 2.35 bits per heavy atom. The van der Waals surface area contributed by atoms with Crippen LogP contribution in [0.15, 0.2) is 12.1 Å². The average Bonchev–Trinajstić information content (AvgIpc) is 2.19. The molecule has 0 aliphatic carbocycles. The second-order valence-electron chi connectivity index (χ2n) is 4.91. The van der Waals surface area contributed by atoms with E-state index in [1.54, 1.807) is 6.07 Å². The molecule has 4 heteroatoms. The van der Waals surface area contributed by atoms with Gasteiger partial charge in [0.2, 0.25) is 0 Å². The van der Waals surface area contributed by atoms with Gasteiger partial charge in [-0.3, -0.25) is 0 Å². The molecule has 0 aromatic heterocycles. The molecule has 0 saturated heterocycles. The molecule has 0 aliphatic heterocycles. The SMILES string of the molecule is COC(=O)c1cc(OC(C)(C)C)cc(C)c1N. The maximum Gasteiger partial charge on any atom is 0.340 e. The summed E-state index contributed by atoms with van der Waals surface area (Å²) < 4.78 is 10.4. The summed E-state index contributed by atoms with van der Waals surface area (Å²) in [4.78, 5) is 11.5. The fourth-order valence-corrected chi connectivity index (χ4v) is 1.46. The maximum absolute atomic E-state index is 11.5. The Hall–Kier alpha value is -1.71. The highest BCUT2D eigenvalue weighted by Gasteiger charge is 2.17. The number of carbonyl (C=O) groups excluding carboxylic acids is 1. The molecule has 0 saturated carbocycles. The first-order valence-corrected chi connectivity index (χ1v) is 5.42. The van der Waals surface area contributed by atoms with Crippen molar-refractivity contribution in [1.82, 2.24) is 0 Å². The molecule has 2 N–H and O–H groups in total. The Bertz CT molecular complexity index is 433. The van der Waals surface area contributed by atoms with Crippen LogP contribution < -0.4 is 10.5 Å². The zero-order valence-corrected chi connectivity index (χ0v) is 11.0. The fourth-order valence-electron chi connectivity index (χ4n) is 1.46. The third-order valence-corrected chi connectivity index (χ3v) is 2.19. The first-order valence-electron chi connectivity index (χ1n) is 5.42. The summed E-state index contributed by atoms with van der Waals surface area (Å²) >= 11 is 0. The number of esters is 1. The topological polar surface area (TPSA) is 61.5 Å². The normalized spacial score (nSPS) is 11.1. The van der Waals surface area contributed by atoms with Gasteiger partial charge in [0.15, 0.2) is 0 Å². The van der Waals surface area contributed by atoms with Crippen molar-refractivity contribution in [3.05, 3.63) is 23.3 Å². The molecule has 1 aromatic rings. The number of hydrogen-bond acceptors (Lipinski definition) is 4. The van der Waals surface area contributed by atoms with Crippen LogP contribution in [0.2, 0.25) is 0 Å². The Morgan fingerprint density at radius 1 is 1.29 bits per heavy atom. The second kappa shape index (κ2) is 4.65. The van der Waals surface area contributed by atoms with E-state index in [0.717, 1.165) is 5.56 Å². The van der Waals surface area contributed by atoms with Crippen molar-refractivity contribution in [2.24, 2.45) is 0 Å². The van der Waals surface area contributed by atoms with Crippen LogP contribution in [-0.2, 0) is 4.74 Å². The largest absolute Gasteiger partial charge is 0.488 e. The van der Waals surface area contributed by atoms with Gasteiger partial charge in [0, 0.05) is 5.69 Å². The van der Waals surface area contributed by atoms with E-state index >= 15 is 0 Å². The third kappa shape index (κ3) is 3.37. The standard InChI is InChI=1S/C13H19NO3/c1-8-6-9(17-13(2,3)4)7-10(11(8)14)12(15)16-5/h6-7H,14H2,1-5H3. The van der Waals surface area contributed by atoms with E-state index in [9.17, 15) is 4.79 Å². The van der Waals surface area contributed by atoms with Crippen molar-refractivity contribution in [3.63, 3.8) is 0 Å². The molecule has 0 unspecified atom stereocenters. The molecule has 0 fully saturated rings. The maximum atomic E-state index is 11.5. The molecule has 1 aromatic carbocycles. The molecule has 0 spiro atoms. The van der Waals surface area contributed by atoms with E-state index in [-0.39, 0.29) is 5.60 Å². The predicted octanol–water partition coefficient (Wildman–Crippen LogP) is 2.54. The van der Waals surface area contributed by atoms with E-state index < -0.39 is 5.97 Å². The van der Waals surface area contributed by atoms with Crippen molar-refractivity contribution in [3.8, 4) is 5.75 Å². The number of rotatable bonds is 2. The minimum Gasteiger partial charge on any atom is -0.488 e. The van der Waals surface area contributed by atoms with E-state index in [1.807, 2.05) is 33.8 Å². The molecule has 4 nitrogen and oxygen atoms in total. The lowest BCUT2D eigenvalue weighted by Gasteiger charge is -2.22. The molecule has 0 atom stereocenters. The van der Waals surface area contributed by atoms with Crippen LogP contribution in [0.4, 0.5) is 5.69 Å². The fraction of sp³-hybridized carbons (Fsp3) is 0.462. The summed E-state index contributed by atoms with van der Waals surface area (Å²) in [7, 11) is 1.33. The second-order valence-corrected chi connectivity index (χ2v) is 4.91. The molecular formula is C13H19NO3. The Kier molecular flexibility index (Phi) is 3.66. The Labute approximate surface area is 102 Å². The average molecular weight is 237 g/mol. The summed E-state index contributed by atoms with van der Waals surface area (Å²) in [6.07, 6.45) is 0. The molecule has 0 aliphatic rings. The van der Waals surface area contributed by atoms with Gasteiger partial charge >= 0.3 is 5.97 Å². The van der Waals surface area contributed by atoms with Gasteiger partial charge in [-0.25, -0.2) is 4.79 Å². The number of benzene rings is 1. The number of ether oxygens (including phenoxy) is 2. The molecular weight excluding hydrogens is 218 g/mol. The number of nitrogen functional groups attached to an aromatic ring is 1. The van der Waals surface area contributed by atoms with Gasteiger partial charge in [0.1, 0.15) is 11.4 Å². The van der Waals surface area contributed by atoms with Gasteiger partial charge < -0.3 is 15.2 Å². The van der Waals surface area contributed by atoms with Gasteiger partial charge in [-0.05, 0) is 45.4 Å². The highest BCUT2D eigenvalue weighted by molar-refractivity contribution is 5.96. The van der Waals surface area contributed by atoms with Gasteiger partial charge in [-0.15, -0.1) is 0 Å². The first-order chi connectivity index (χ1) is 7.74. The Morgan fingerprint density at radius 2 is 1.88 bits per heavy atom. The number of nitrogens with two attached hydrogens (primary N) is 1. The Balaban J connectivity index is 3.19. The highest BCUT2D eigenvalue weighted by Crippen LogP contribution is 2.27. The smallest absolute Gasteiger partial charge is 0.340 e. The summed E-state index contributed by atoms with van der Waals surface area (Å²) in [5, 5.41) is 0. The van der Waals surface area contributed by atoms with Crippen molar-refractivity contribution < 1.29 is 14.3 Å². The van der Waals surface area contributed by atoms with Crippen molar-refractivity contribution in [2.45, 2.75) is 33.3 Å². The van der Waals surface area contributed by atoms with Crippen LogP contribution in [0, 0.1) is 6.92 Å². The number of methoxy groups -OCH3 is 1. The van der Waals surface area contributed by atoms with E-state index in [4.69, 9.17) is 10.5 Å². The minimum atomic E-state index is -0.454. The minimum absolute atomic E-state index is 0.323. The third-order valence-electron chi connectivity index (χ3n) is 2.19. The number of aryl methyl sites for hydroxylation is 1. The van der Waals surface area contributed by atoms with Gasteiger partial charge in [0.05, 0.1) is 12.7 Å². The van der Waals surface area contributed by atoms with E-state index in [1.165, 1.54) is 7.11 Å². The summed E-state index contributed by atoms with van der Waals surface area (Å²) in [5.41, 5.74) is 7.08. The van der Waals surface area contributed by atoms with Crippen molar-refractivity contribution in [1.29, 1.82) is 0 Å². The van der Waals surface area contributed by atoms with Gasteiger partial charge in [-0.2, -0.15) is 0 Å². The van der Waals surface area contributed by atoms with Crippen molar-refractivity contribution >= 4 is 11.7 Å². The summed E-state index contributed by atoms with van der Waals surface area (Å²) in [6.45, 7) is 7.65. The molecule has 17 heavy (non-hydrogen) atoms. The number of carbonyl (C=O) groups is 1. The van der Waals surface area contributed by atoms with Crippen LogP contribution >= 0.6 is 0 Å². The molecule has 0 bridgehead atoms. The molecule has 0 radical (unpaired) electrons. The molecule has 0 amide bonds. The molecule has 1 rings (SSSR count). The number of hydrogen-bond donors (Lipinski definition) is 1. The zero-order chi connectivity index (χ0) is 13.2. The lowest BCUT2D eigenvalue weighted by Crippen LogP contribution is -2.23. The van der Waals surface area contributed by atoms with Crippen LogP contribution in [-0.4, -0.2) is 18.7 Å². The quantitative estimate of drug-likeness (QED) is 0.634. The van der Waals surface area contributed by atoms with E-state index in [0.29, 0.717) is 17.0 Å². The van der Waals surface area contributed by atoms with Crippen LogP contribution in [0.5, 0.6) is 5.75 Å². The monoisotopic (exact) mass is 237 g/mol. The molecule has 0 heterocycles. The zero-order valence-electron chi connectivity index (χ0n) is 11.0. The lowest BCUT2D eigenvalue weighted by atomic mass is 10.1. The van der Waals surface area contributed by atoms with Crippen LogP contribution in [0.1, 0.15) is 36.7 Å². The lowest BCUT2D eigenvalue weighted by molar-refractivity contribution is 0.0600. The van der Waals surface area contributed by atoms with E-state index in [2.05, 4.69) is 4.74 Å². The van der Waals surface area contributed by atoms with Crippen LogP contribution in [0.3, 0.4) is 0 Å². The van der Waals surface area contributed by atoms with Gasteiger partial charge in [0.25, 0.3) is 0 Å². The van der Waals surface area contributed by atoms with Gasteiger partial charge in [-0.1, -0.05) is 0 Å². The predicted molar refractivity (Wildman–Crippen MR) is 67.3 cm³/mol.